The molecule has 0 aliphatic heterocycles. The van der Waals surface area contributed by atoms with Gasteiger partial charge in [0.2, 0.25) is 0 Å². The summed E-state index contributed by atoms with van der Waals surface area (Å²) in [5.74, 6) is 1.25. The molecule has 0 N–H and O–H groups in total. The standard InChI is InChI=1S/C11H18ClN3/c1-3-8-4-5-9(12)6-10(8)11-7-13-15(2)14-11/h7-10H,3-6H2,1-2H3. The first-order valence-electron chi connectivity index (χ1n) is 5.71. The van der Waals surface area contributed by atoms with Crippen LogP contribution in [0.25, 0.3) is 0 Å². The Morgan fingerprint density at radius 1 is 1.53 bits per heavy atom. The van der Waals surface area contributed by atoms with E-state index in [1.54, 1.807) is 4.80 Å². The van der Waals surface area contributed by atoms with Gasteiger partial charge in [0, 0.05) is 18.3 Å². The molecular weight excluding hydrogens is 210 g/mol. The summed E-state index contributed by atoms with van der Waals surface area (Å²) in [6.07, 6.45) is 6.54. The van der Waals surface area contributed by atoms with Crippen LogP contribution in [0.15, 0.2) is 6.20 Å². The minimum Gasteiger partial charge on any atom is -0.188 e. The van der Waals surface area contributed by atoms with Crippen molar-refractivity contribution in [3.63, 3.8) is 0 Å². The van der Waals surface area contributed by atoms with E-state index in [2.05, 4.69) is 17.1 Å². The molecule has 1 aliphatic rings. The molecule has 1 saturated carbocycles. The number of rotatable bonds is 2. The molecule has 0 radical (unpaired) electrons. The topological polar surface area (TPSA) is 30.7 Å². The minimum absolute atomic E-state index is 0.319. The molecule has 84 valence electrons. The van der Waals surface area contributed by atoms with Crippen molar-refractivity contribution in [2.24, 2.45) is 13.0 Å². The maximum atomic E-state index is 6.24. The fraction of sp³-hybridized carbons (Fsp3) is 0.818. The van der Waals surface area contributed by atoms with Crippen LogP contribution < -0.4 is 0 Å². The Kier molecular flexibility index (Phi) is 3.29. The summed E-state index contributed by atoms with van der Waals surface area (Å²) in [7, 11) is 1.87. The second-order valence-electron chi connectivity index (χ2n) is 4.44. The van der Waals surface area contributed by atoms with Crippen LogP contribution in [0.2, 0.25) is 0 Å². The zero-order valence-electron chi connectivity index (χ0n) is 9.36. The van der Waals surface area contributed by atoms with Gasteiger partial charge in [0.05, 0.1) is 11.9 Å². The first-order valence-corrected chi connectivity index (χ1v) is 6.14. The molecule has 1 aromatic heterocycles. The van der Waals surface area contributed by atoms with E-state index < -0.39 is 0 Å². The van der Waals surface area contributed by atoms with Crippen molar-refractivity contribution in [3.8, 4) is 0 Å². The normalized spacial score (nSPS) is 31.8. The second kappa shape index (κ2) is 4.52. The van der Waals surface area contributed by atoms with Crippen LogP contribution in [0, 0.1) is 5.92 Å². The molecule has 1 aliphatic carbocycles. The van der Waals surface area contributed by atoms with E-state index >= 15 is 0 Å². The zero-order chi connectivity index (χ0) is 10.8. The van der Waals surface area contributed by atoms with Gasteiger partial charge in [0.1, 0.15) is 0 Å². The molecule has 1 aromatic rings. The van der Waals surface area contributed by atoms with E-state index in [1.807, 2.05) is 13.2 Å². The molecule has 3 atom stereocenters. The third kappa shape index (κ3) is 2.33. The lowest BCUT2D eigenvalue weighted by atomic mass is 9.76. The van der Waals surface area contributed by atoms with Crippen molar-refractivity contribution in [2.75, 3.05) is 0 Å². The largest absolute Gasteiger partial charge is 0.188 e. The van der Waals surface area contributed by atoms with Gasteiger partial charge in [-0.3, -0.25) is 0 Å². The molecule has 1 fully saturated rings. The van der Waals surface area contributed by atoms with Gasteiger partial charge in [-0.05, 0) is 25.2 Å². The van der Waals surface area contributed by atoms with Crippen LogP contribution in [-0.4, -0.2) is 20.4 Å². The number of nitrogens with zero attached hydrogens (tertiary/aromatic N) is 3. The summed E-state index contributed by atoms with van der Waals surface area (Å²) >= 11 is 6.24. The Balaban J connectivity index is 2.16. The van der Waals surface area contributed by atoms with Crippen molar-refractivity contribution < 1.29 is 0 Å². The molecule has 4 heteroatoms. The van der Waals surface area contributed by atoms with E-state index in [1.165, 1.54) is 12.8 Å². The molecule has 0 spiro atoms. The van der Waals surface area contributed by atoms with Gasteiger partial charge in [-0.15, -0.1) is 11.6 Å². The Morgan fingerprint density at radius 3 is 2.93 bits per heavy atom. The molecule has 1 heterocycles. The molecule has 0 saturated heterocycles. The second-order valence-corrected chi connectivity index (χ2v) is 5.06. The van der Waals surface area contributed by atoms with Crippen molar-refractivity contribution >= 4 is 11.6 Å². The number of hydrogen-bond acceptors (Lipinski definition) is 2. The van der Waals surface area contributed by atoms with Crippen molar-refractivity contribution in [3.05, 3.63) is 11.9 Å². The third-order valence-electron chi connectivity index (χ3n) is 3.45. The van der Waals surface area contributed by atoms with Gasteiger partial charge >= 0.3 is 0 Å². The smallest absolute Gasteiger partial charge is 0.0861 e. The Bertz CT molecular complexity index is 323. The molecule has 0 aromatic carbocycles. The summed E-state index contributed by atoms with van der Waals surface area (Å²) in [6.45, 7) is 2.25. The first kappa shape index (κ1) is 10.9. The van der Waals surface area contributed by atoms with Crippen molar-refractivity contribution in [2.45, 2.75) is 43.9 Å². The molecular formula is C11H18ClN3. The Morgan fingerprint density at radius 2 is 2.33 bits per heavy atom. The SMILES string of the molecule is CCC1CCC(Cl)CC1c1cnn(C)n1. The quantitative estimate of drug-likeness (QED) is 0.728. The summed E-state index contributed by atoms with van der Waals surface area (Å²) in [5, 5.41) is 8.88. The lowest BCUT2D eigenvalue weighted by molar-refractivity contribution is 0.297. The van der Waals surface area contributed by atoms with Crippen LogP contribution in [0.5, 0.6) is 0 Å². The van der Waals surface area contributed by atoms with E-state index in [-0.39, 0.29) is 0 Å². The minimum atomic E-state index is 0.319. The summed E-state index contributed by atoms with van der Waals surface area (Å²) in [5.41, 5.74) is 1.12. The molecule has 3 nitrogen and oxygen atoms in total. The number of halogens is 1. The van der Waals surface area contributed by atoms with Crippen LogP contribution in [-0.2, 0) is 7.05 Å². The molecule has 0 amide bonds. The average molecular weight is 228 g/mol. The zero-order valence-corrected chi connectivity index (χ0v) is 10.1. The Labute approximate surface area is 95.8 Å². The molecule has 3 unspecified atom stereocenters. The summed E-state index contributed by atoms with van der Waals surface area (Å²) < 4.78 is 0. The maximum Gasteiger partial charge on any atom is 0.0861 e. The van der Waals surface area contributed by atoms with Crippen molar-refractivity contribution in [1.82, 2.24) is 15.0 Å². The highest BCUT2D eigenvalue weighted by atomic mass is 35.5. The first-order chi connectivity index (χ1) is 7.20. The Hall–Kier alpha value is -0.570. The number of aryl methyl sites for hydroxylation is 1. The van der Waals surface area contributed by atoms with Crippen LogP contribution >= 0.6 is 11.6 Å². The fourth-order valence-corrected chi connectivity index (χ4v) is 2.88. The predicted octanol–water partition coefficient (Wildman–Crippen LogP) is 2.72. The van der Waals surface area contributed by atoms with Crippen LogP contribution in [0.1, 0.15) is 44.2 Å². The van der Waals surface area contributed by atoms with Gasteiger partial charge < -0.3 is 0 Å². The number of alkyl halides is 1. The van der Waals surface area contributed by atoms with Crippen LogP contribution in [0.3, 0.4) is 0 Å². The summed E-state index contributed by atoms with van der Waals surface area (Å²) in [4.78, 5) is 1.64. The fourth-order valence-electron chi connectivity index (χ4n) is 2.56. The van der Waals surface area contributed by atoms with Crippen molar-refractivity contribution in [1.29, 1.82) is 0 Å². The lowest BCUT2D eigenvalue weighted by Crippen LogP contribution is -2.23. The highest BCUT2D eigenvalue weighted by Crippen LogP contribution is 2.40. The molecule has 0 bridgehead atoms. The lowest BCUT2D eigenvalue weighted by Gasteiger charge is -2.32. The average Bonchev–Trinajstić information content (AvgIpc) is 2.65. The highest BCUT2D eigenvalue weighted by molar-refractivity contribution is 6.20. The third-order valence-corrected chi connectivity index (χ3v) is 3.85. The maximum absolute atomic E-state index is 6.24. The van der Waals surface area contributed by atoms with E-state index in [4.69, 9.17) is 11.6 Å². The van der Waals surface area contributed by atoms with Gasteiger partial charge in [-0.2, -0.15) is 15.0 Å². The van der Waals surface area contributed by atoms with E-state index in [9.17, 15) is 0 Å². The molecule has 15 heavy (non-hydrogen) atoms. The van der Waals surface area contributed by atoms with Gasteiger partial charge in [-0.1, -0.05) is 13.3 Å². The number of aromatic nitrogens is 3. The van der Waals surface area contributed by atoms with Crippen LogP contribution in [0.4, 0.5) is 0 Å². The van der Waals surface area contributed by atoms with E-state index in [0.717, 1.165) is 24.5 Å². The highest BCUT2D eigenvalue weighted by Gasteiger charge is 2.31. The molecule has 2 rings (SSSR count). The van der Waals surface area contributed by atoms with Gasteiger partial charge in [0.15, 0.2) is 0 Å². The number of hydrogen-bond donors (Lipinski definition) is 0. The summed E-state index contributed by atoms with van der Waals surface area (Å²) in [6, 6.07) is 0. The van der Waals surface area contributed by atoms with Gasteiger partial charge in [0.25, 0.3) is 0 Å². The van der Waals surface area contributed by atoms with Gasteiger partial charge in [-0.25, -0.2) is 0 Å². The van der Waals surface area contributed by atoms with E-state index in [0.29, 0.717) is 11.3 Å². The monoisotopic (exact) mass is 227 g/mol. The predicted molar refractivity (Wildman–Crippen MR) is 61.0 cm³/mol.